The summed E-state index contributed by atoms with van der Waals surface area (Å²) in [7, 11) is 0. The molecule has 0 aromatic heterocycles. The number of carbonyl (C=O) groups excluding carboxylic acids is 1. The number of hydrogen-bond acceptors (Lipinski definition) is 3. The van der Waals surface area contributed by atoms with E-state index in [1.165, 1.54) is 19.4 Å². The highest BCUT2D eigenvalue weighted by Gasteiger charge is 2.62. The van der Waals surface area contributed by atoms with Gasteiger partial charge in [0.2, 0.25) is 0 Å². The monoisotopic (exact) mass is 328 g/mol. The molecule has 0 aliphatic carbocycles. The minimum atomic E-state index is -0.622. The van der Waals surface area contributed by atoms with E-state index in [1.54, 1.807) is 6.92 Å². The lowest BCUT2D eigenvalue weighted by Gasteiger charge is -2.19. The number of hydrogen-bond donors (Lipinski definition) is 0. The Kier molecular flexibility index (Phi) is 8.67. The lowest BCUT2D eigenvalue weighted by Crippen LogP contribution is -2.28. The maximum Gasteiger partial charge on any atom is 0.254 e. The fourth-order valence-electron chi connectivity index (χ4n) is 2.72. The highest BCUT2D eigenvalue weighted by Crippen LogP contribution is 2.36. The molecular formula is C17H29ClN2O2. The zero-order valence-electron chi connectivity index (χ0n) is 14.2. The van der Waals surface area contributed by atoms with Gasteiger partial charge < -0.3 is 14.5 Å². The quantitative estimate of drug-likeness (QED) is 0.239. The van der Waals surface area contributed by atoms with Gasteiger partial charge in [0.05, 0.1) is 5.88 Å². The van der Waals surface area contributed by atoms with Gasteiger partial charge in [-0.05, 0) is 38.9 Å². The van der Waals surface area contributed by atoms with Crippen LogP contribution in [0.3, 0.4) is 0 Å². The summed E-state index contributed by atoms with van der Waals surface area (Å²) in [6.45, 7) is 10.6. The van der Waals surface area contributed by atoms with Gasteiger partial charge in [0.1, 0.15) is 12.7 Å². The molecule has 1 atom stereocenters. The number of amides is 1. The van der Waals surface area contributed by atoms with E-state index >= 15 is 0 Å². The molecule has 1 heterocycles. The molecule has 0 saturated carbocycles. The van der Waals surface area contributed by atoms with Gasteiger partial charge >= 0.3 is 0 Å². The molecule has 4 nitrogen and oxygen atoms in total. The number of alkyl halides is 1. The van der Waals surface area contributed by atoms with E-state index in [0.717, 1.165) is 32.5 Å². The van der Waals surface area contributed by atoms with E-state index in [2.05, 4.69) is 30.8 Å². The SMILES string of the molecule is CC#COCC1(CCl)C(=O)N1CCCCCN(CC)CCC. The molecule has 1 rings (SSSR count). The van der Waals surface area contributed by atoms with Gasteiger partial charge in [0.15, 0.2) is 5.54 Å². The van der Waals surface area contributed by atoms with Crippen molar-refractivity contribution in [1.29, 1.82) is 0 Å². The number of nitrogens with zero attached hydrogens (tertiary/aromatic N) is 2. The average molecular weight is 329 g/mol. The van der Waals surface area contributed by atoms with E-state index in [0.29, 0.717) is 0 Å². The first kappa shape index (κ1) is 19.1. The lowest BCUT2D eigenvalue weighted by molar-refractivity contribution is -0.114. The van der Waals surface area contributed by atoms with Crippen molar-refractivity contribution < 1.29 is 9.53 Å². The third-order valence-electron chi connectivity index (χ3n) is 4.16. The largest absolute Gasteiger partial charge is 0.443 e. The zero-order chi connectivity index (χ0) is 16.4. The summed E-state index contributed by atoms with van der Waals surface area (Å²) < 4.78 is 5.19. The van der Waals surface area contributed by atoms with Gasteiger partial charge in [-0.1, -0.05) is 26.2 Å². The molecule has 5 heteroatoms. The third kappa shape index (κ3) is 5.07. The first-order valence-electron chi connectivity index (χ1n) is 8.30. The second kappa shape index (κ2) is 9.97. The number of unbranched alkanes of at least 4 members (excludes halogenated alkanes) is 2. The van der Waals surface area contributed by atoms with Crippen molar-refractivity contribution >= 4 is 17.5 Å². The van der Waals surface area contributed by atoms with Gasteiger partial charge in [0.25, 0.3) is 5.91 Å². The highest BCUT2D eigenvalue weighted by molar-refractivity contribution is 6.23. The molecule has 1 unspecified atom stereocenters. The fourth-order valence-corrected chi connectivity index (χ4v) is 3.06. The van der Waals surface area contributed by atoms with Crippen LogP contribution in [0.15, 0.2) is 0 Å². The van der Waals surface area contributed by atoms with Crippen LogP contribution in [-0.2, 0) is 9.53 Å². The van der Waals surface area contributed by atoms with E-state index < -0.39 is 5.54 Å². The van der Waals surface area contributed by atoms with Crippen LogP contribution in [0.25, 0.3) is 0 Å². The number of halogens is 1. The Bertz CT molecular complexity index is 405. The van der Waals surface area contributed by atoms with Crippen molar-refractivity contribution in [3.63, 3.8) is 0 Å². The molecule has 1 aliphatic heterocycles. The van der Waals surface area contributed by atoms with Crippen LogP contribution < -0.4 is 0 Å². The molecule has 126 valence electrons. The number of rotatable bonds is 12. The van der Waals surface area contributed by atoms with Gasteiger partial charge in [-0.15, -0.1) is 11.6 Å². The number of ether oxygens (including phenoxy) is 1. The predicted octanol–water partition coefficient (Wildman–Crippen LogP) is 2.71. The second-order valence-corrected chi connectivity index (χ2v) is 6.02. The smallest absolute Gasteiger partial charge is 0.254 e. The predicted molar refractivity (Wildman–Crippen MR) is 90.8 cm³/mol. The van der Waals surface area contributed by atoms with Crippen LogP contribution in [0.2, 0.25) is 0 Å². The maximum atomic E-state index is 12.0. The van der Waals surface area contributed by atoms with Crippen molar-refractivity contribution in [2.45, 2.75) is 52.0 Å². The molecule has 0 N–H and O–H groups in total. The van der Waals surface area contributed by atoms with E-state index in [9.17, 15) is 4.79 Å². The summed E-state index contributed by atoms with van der Waals surface area (Å²) in [6.07, 6.45) is 7.08. The molecular weight excluding hydrogens is 300 g/mol. The van der Waals surface area contributed by atoms with Crippen LogP contribution in [-0.4, -0.2) is 59.9 Å². The average Bonchev–Trinajstić information content (AvgIpc) is 3.09. The minimum absolute atomic E-state index is 0.0987. The fraction of sp³-hybridized carbons (Fsp3) is 0.824. The van der Waals surface area contributed by atoms with Crippen LogP contribution in [0.5, 0.6) is 0 Å². The molecule has 22 heavy (non-hydrogen) atoms. The Morgan fingerprint density at radius 2 is 2.05 bits per heavy atom. The van der Waals surface area contributed by atoms with Gasteiger partial charge in [-0.3, -0.25) is 4.79 Å². The summed E-state index contributed by atoms with van der Waals surface area (Å²) in [5.74, 6) is 3.03. The molecule has 1 fully saturated rings. The van der Waals surface area contributed by atoms with Gasteiger partial charge in [0, 0.05) is 13.5 Å². The molecule has 0 bridgehead atoms. The standard InChI is InChI=1S/C17H29ClN2O2/c1-4-10-19(6-3)11-8-7-9-12-20-16(21)17(20,14-18)15-22-13-5-2/h4,6-12,14-15H2,1-3H3. The number of carbonyl (C=O) groups is 1. The summed E-state index contributed by atoms with van der Waals surface area (Å²) in [5.41, 5.74) is -0.622. The van der Waals surface area contributed by atoms with E-state index in [4.69, 9.17) is 16.3 Å². The van der Waals surface area contributed by atoms with Gasteiger partial charge in [-0.2, -0.15) is 0 Å². The zero-order valence-corrected chi connectivity index (χ0v) is 14.9. The summed E-state index contributed by atoms with van der Waals surface area (Å²) in [6, 6.07) is 0. The Labute approximate surface area is 140 Å². The lowest BCUT2D eigenvalue weighted by atomic mass is 10.2. The Balaban J connectivity index is 2.22. The Morgan fingerprint density at radius 3 is 2.64 bits per heavy atom. The minimum Gasteiger partial charge on any atom is -0.443 e. The molecule has 1 amide bonds. The van der Waals surface area contributed by atoms with Crippen molar-refractivity contribution in [2.24, 2.45) is 0 Å². The molecule has 1 aliphatic rings. The Hall–Kier alpha value is -0.920. The van der Waals surface area contributed by atoms with Crippen molar-refractivity contribution in [1.82, 2.24) is 9.80 Å². The van der Waals surface area contributed by atoms with Gasteiger partial charge in [-0.25, -0.2) is 0 Å². The first-order valence-corrected chi connectivity index (χ1v) is 8.83. The van der Waals surface area contributed by atoms with Crippen LogP contribution in [0, 0.1) is 12.0 Å². The summed E-state index contributed by atoms with van der Waals surface area (Å²) >= 11 is 5.96. The van der Waals surface area contributed by atoms with Crippen molar-refractivity contribution in [3.8, 4) is 12.0 Å². The van der Waals surface area contributed by atoms with E-state index in [1.807, 2.05) is 4.90 Å². The second-order valence-electron chi connectivity index (χ2n) is 5.76. The molecule has 0 radical (unpaired) electrons. The normalized spacial score (nSPS) is 20.0. The molecule has 0 spiro atoms. The van der Waals surface area contributed by atoms with Crippen molar-refractivity contribution in [2.75, 3.05) is 38.7 Å². The Morgan fingerprint density at radius 1 is 1.27 bits per heavy atom. The topological polar surface area (TPSA) is 32.6 Å². The first-order chi connectivity index (χ1) is 10.7. The van der Waals surface area contributed by atoms with Crippen LogP contribution in [0.1, 0.15) is 46.5 Å². The molecule has 1 saturated heterocycles. The van der Waals surface area contributed by atoms with Crippen LogP contribution >= 0.6 is 11.6 Å². The maximum absolute atomic E-state index is 12.0. The molecule has 0 aromatic carbocycles. The molecule has 0 aromatic rings. The summed E-state index contributed by atoms with van der Waals surface area (Å²) in [5, 5.41) is 0. The highest BCUT2D eigenvalue weighted by atomic mass is 35.5. The van der Waals surface area contributed by atoms with E-state index in [-0.39, 0.29) is 18.4 Å². The van der Waals surface area contributed by atoms with Crippen molar-refractivity contribution in [3.05, 3.63) is 0 Å². The third-order valence-corrected chi connectivity index (χ3v) is 4.60. The van der Waals surface area contributed by atoms with Crippen LogP contribution in [0.4, 0.5) is 0 Å². The summed E-state index contributed by atoms with van der Waals surface area (Å²) in [4.78, 5) is 16.3.